The van der Waals surface area contributed by atoms with Gasteiger partial charge in [0.05, 0.1) is 6.54 Å². The third-order valence-corrected chi connectivity index (χ3v) is 4.67. The van der Waals surface area contributed by atoms with E-state index in [9.17, 15) is 4.79 Å². The first-order valence-corrected chi connectivity index (χ1v) is 7.32. The molecule has 0 spiro atoms. The zero-order valence-electron chi connectivity index (χ0n) is 11.0. The van der Waals surface area contributed by atoms with E-state index in [-0.39, 0.29) is 11.7 Å². The quantitative estimate of drug-likeness (QED) is 0.375. The predicted octanol–water partition coefficient (Wildman–Crippen LogP) is 2.01. The first-order chi connectivity index (χ1) is 9.14. The number of rotatable bonds is 5. The molecule has 1 saturated carbocycles. The summed E-state index contributed by atoms with van der Waals surface area (Å²) in [5.41, 5.74) is 4.96. The topological polar surface area (TPSA) is 78.9 Å². The van der Waals surface area contributed by atoms with Gasteiger partial charge in [0, 0.05) is 11.4 Å². The SMILES string of the molecule is CCN(Cc1cccs1)C(=O)C1(/C(N)=N/O)CCC1. The number of carbonyl (C=O) groups excluding carboxylic acids is 1. The van der Waals surface area contributed by atoms with E-state index in [0.717, 1.165) is 11.3 Å². The van der Waals surface area contributed by atoms with Crippen molar-refractivity contribution >= 4 is 23.1 Å². The molecular formula is C13H19N3O2S. The molecule has 1 heterocycles. The van der Waals surface area contributed by atoms with Crippen molar-refractivity contribution in [3.63, 3.8) is 0 Å². The van der Waals surface area contributed by atoms with Crippen LogP contribution >= 0.6 is 11.3 Å². The number of oxime groups is 1. The molecule has 1 amide bonds. The van der Waals surface area contributed by atoms with Crippen LogP contribution in [0.1, 0.15) is 31.1 Å². The molecule has 5 nitrogen and oxygen atoms in total. The molecule has 0 aliphatic heterocycles. The lowest BCUT2D eigenvalue weighted by Crippen LogP contribution is -2.54. The molecule has 104 valence electrons. The van der Waals surface area contributed by atoms with E-state index >= 15 is 0 Å². The lowest BCUT2D eigenvalue weighted by atomic mass is 9.67. The highest BCUT2D eigenvalue weighted by molar-refractivity contribution is 7.09. The monoisotopic (exact) mass is 281 g/mol. The molecule has 2 rings (SSSR count). The second-order valence-corrected chi connectivity index (χ2v) is 5.85. The standard InChI is InChI=1S/C13H19N3O2S/c1-2-16(9-10-5-3-8-19-10)12(17)13(6-4-7-13)11(14)15-18/h3,5,8,18H,2,4,6-7,9H2,1H3,(H2,14,15). The van der Waals surface area contributed by atoms with E-state index in [1.165, 1.54) is 0 Å². The summed E-state index contributed by atoms with van der Waals surface area (Å²) in [7, 11) is 0. The van der Waals surface area contributed by atoms with Crippen LogP contribution in [0.4, 0.5) is 0 Å². The number of hydrogen-bond acceptors (Lipinski definition) is 4. The Morgan fingerprint density at radius 1 is 1.63 bits per heavy atom. The van der Waals surface area contributed by atoms with Crippen molar-refractivity contribution in [3.8, 4) is 0 Å². The number of amidine groups is 1. The summed E-state index contributed by atoms with van der Waals surface area (Å²) in [5, 5.41) is 14.0. The molecular weight excluding hydrogens is 262 g/mol. The van der Waals surface area contributed by atoms with Gasteiger partial charge >= 0.3 is 0 Å². The molecule has 1 aromatic rings. The molecule has 0 unspecified atom stereocenters. The summed E-state index contributed by atoms with van der Waals surface area (Å²) in [6, 6.07) is 3.98. The van der Waals surface area contributed by atoms with Crippen molar-refractivity contribution in [2.45, 2.75) is 32.7 Å². The van der Waals surface area contributed by atoms with Gasteiger partial charge in [0.2, 0.25) is 5.91 Å². The zero-order valence-corrected chi connectivity index (χ0v) is 11.8. The van der Waals surface area contributed by atoms with Crippen LogP contribution in [0.15, 0.2) is 22.7 Å². The normalized spacial score (nSPS) is 17.8. The van der Waals surface area contributed by atoms with E-state index < -0.39 is 5.41 Å². The highest BCUT2D eigenvalue weighted by atomic mass is 32.1. The van der Waals surface area contributed by atoms with Crippen molar-refractivity contribution in [1.82, 2.24) is 4.90 Å². The van der Waals surface area contributed by atoms with Crippen LogP contribution in [0.25, 0.3) is 0 Å². The van der Waals surface area contributed by atoms with Crippen LogP contribution in [0.5, 0.6) is 0 Å². The Morgan fingerprint density at radius 2 is 2.37 bits per heavy atom. The second kappa shape index (κ2) is 5.61. The Bertz CT molecular complexity index is 466. The maximum Gasteiger partial charge on any atom is 0.236 e. The smallest absolute Gasteiger partial charge is 0.236 e. The van der Waals surface area contributed by atoms with Gasteiger partial charge in [-0.3, -0.25) is 4.79 Å². The fraction of sp³-hybridized carbons (Fsp3) is 0.538. The van der Waals surface area contributed by atoms with Gasteiger partial charge in [-0.05, 0) is 31.2 Å². The van der Waals surface area contributed by atoms with Crippen molar-refractivity contribution in [2.24, 2.45) is 16.3 Å². The molecule has 1 aliphatic rings. The van der Waals surface area contributed by atoms with Gasteiger partial charge in [0.15, 0.2) is 5.84 Å². The van der Waals surface area contributed by atoms with Crippen molar-refractivity contribution in [1.29, 1.82) is 0 Å². The predicted molar refractivity (Wildman–Crippen MR) is 75.1 cm³/mol. The van der Waals surface area contributed by atoms with Crippen LogP contribution in [-0.2, 0) is 11.3 Å². The molecule has 0 saturated heterocycles. The van der Waals surface area contributed by atoms with Crippen LogP contribution in [-0.4, -0.2) is 28.4 Å². The Morgan fingerprint density at radius 3 is 2.79 bits per heavy atom. The third kappa shape index (κ3) is 2.45. The van der Waals surface area contributed by atoms with E-state index in [1.807, 2.05) is 24.4 Å². The Labute approximate surface area is 116 Å². The van der Waals surface area contributed by atoms with Crippen molar-refractivity contribution in [2.75, 3.05) is 6.54 Å². The fourth-order valence-corrected chi connectivity index (χ4v) is 3.15. The largest absolute Gasteiger partial charge is 0.409 e. The minimum absolute atomic E-state index is 0.0232. The van der Waals surface area contributed by atoms with Crippen LogP contribution in [0, 0.1) is 5.41 Å². The average Bonchev–Trinajstić information content (AvgIpc) is 2.86. The summed E-state index contributed by atoms with van der Waals surface area (Å²) >= 11 is 1.63. The molecule has 19 heavy (non-hydrogen) atoms. The molecule has 0 bridgehead atoms. The summed E-state index contributed by atoms with van der Waals surface area (Å²) in [4.78, 5) is 15.6. The molecule has 0 radical (unpaired) electrons. The van der Waals surface area contributed by atoms with Gasteiger partial charge in [0.1, 0.15) is 5.41 Å². The van der Waals surface area contributed by atoms with Gasteiger partial charge < -0.3 is 15.8 Å². The molecule has 0 aromatic carbocycles. The molecule has 1 aromatic heterocycles. The summed E-state index contributed by atoms with van der Waals surface area (Å²) < 4.78 is 0. The molecule has 6 heteroatoms. The Balaban J connectivity index is 2.16. The van der Waals surface area contributed by atoms with Gasteiger partial charge in [-0.15, -0.1) is 11.3 Å². The first kappa shape index (κ1) is 13.9. The van der Waals surface area contributed by atoms with Crippen molar-refractivity contribution in [3.05, 3.63) is 22.4 Å². The third-order valence-electron chi connectivity index (χ3n) is 3.81. The highest BCUT2D eigenvalue weighted by Gasteiger charge is 2.50. The number of carbonyl (C=O) groups is 1. The first-order valence-electron chi connectivity index (χ1n) is 6.44. The van der Waals surface area contributed by atoms with Gasteiger partial charge in [-0.2, -0.15) is 0 Å². The van der Waals surface area contributed by atoms with E-state index in [2.05, 4.69) is 5.16 Å². The van der Waals surface area contributed by atoms with Crippen LogP contribution < -0.4 is 5.73 Å². The number of nitrogens with zero attached hydrogens (tertiary/aromatic N) is 2. The van der Waals surface area contributed by atoms with Crippen molar-refractivity contribution < 1.29 is 10.0 Å². The summed E-state index contributed by atoms with van der Waals surface area (Å²) in [6.45, 7) is 3.16. The summed E-state index contributed by atoms with van der Waals surface area (Å²) in [6.07, 6.45) is 2.28. The molecule has 3 N–H and O–H groups in total. The number of thiophene rings is 1. The maximum atomic E-state index is 12.7. The van der Waals surface area contributed by atoms with E-state index in [0.29, 0.717) is 25.9 Å². The van der Waals surface area contributed by atoms with Gasteiger partial charge in [-0.1, -0.05) is 17.6 Å². The average molecular weight is 281 g/mol. The Hall–Kier alpha value is -1.56. The summed E-state index contributed by atoms with van der Waals surface area (Å²) in [5.74, 6) is 0.0262. The molecule has 1 fully saturated rings. The number of amides is 1. The number of hydrogen-bond donors (Lipinski definition) is 2. The van der Waals surface area contributed by atoms with Crippen LogP contribution in [0.3, 0.4) is 0 Å². The fourth-order valence-electron chi connectivity index (χ4n) is 2.43. The molecule has 0 atom stereocenters. The lowest BCUT2D eigenvalue weighted by Gasteiger charge is -2.42. The second-order valence-electron chi connectivity index (χ2n) is 4.82. The molecule has 1 aliphatic carbocycles. The maximum absolute atomic E-state index is 12.7. The highest BCUT2D eigenvalue weighted by Crippen LogP contribution is 2.43. The minimum atomic E-state index is -0.776. The van der Waals surface area contributed by atoms with E-state index in [1.54, 1.807) is 16.2 Å². The van der Waals surface area contributed by atoms with Gasteiger partial charge in [-0.25, -0.2) is 0 Å². The Kier molecular flexibility index (Phi) is 4.09. The van der Waals surface area contributed by atoms with Gasteiger partial charge in [0.25, 0.3) is 0 Å². The lowest BCUT2D eigenvalue weighted by molar-refractivity contribution is -0.142. The van der Waals surface area contributed by atoms with Crippen LogP contribution in [0.2, 0.25) is 0 Å². The minimum Gasteiger partial charge on any atom is -0.409 e. The zero-order chi connectivity index (χ0) is 13.9. The van der Waals surface area contributed by atoms with E-state index in [4.69, 9.17) is 10.9 Å². The number of nitrogens with two attached hydrogens (primary N) is 1.